The van der Waals surface area contributed by atoms with Gasteiger partial charge in [-0.05, 0) is 19.4 Å². The van der Waals surface area contributed by atoms with Gasteiger partial charge < -0.3 is 9.84 Å². The number of aryl methyl sites for hydroxylation is 1. The summed E-state index contributed by atoms with van der Waals surface area (Å²) in [6, 6.07) is 5.98. The standard InChI is InChI=1S/C10H12O2/c1-6-3-4-8-9(5-6)7(2)12-10(8)11/h3-5,7,10-11H,1-2H3. The molecule has 0 bridgehead atoms. The summed E-state index contributed by atoms with van der Waals surface area (Å²) in [5.41, 5.74) is 3.23. The van der Waals surface area contributed by atoms with E-state index in [4.69, 9.17) is 4.74 Å². The first kappa shape index (κ1) is 7.77. The van der Waals surface area contributed by atoms with Crippen molar-refractivity contribution in [3.63, 3.8) is 0 Å². The van der Waals surface area contributed by atoms with E-state index in [0.717, 1.165) is 11.1 Å². The Bertz CT molecular complexity index is 307. The number of ether oxygens (including phenoxy) is 1. The average molecular weight is 164 g/mol. The molecule has 1 heterocycles. The Balaban J connectivity index is 2.53. The fourth-order valence-corrected chi connectivity index (χ4v) is 1.61. The highest BCUT2D eigenvalue weighted by Gasteiger charge is 2.26. The van der Waals surface area contributed by atoms with Crippen LogP contribution in [0.2, 0.25) is 0 Å². The van der Waals surface area contributed by atoms with E-state index in [1.807, 2.05) is 26.0 Å². The molecular weight excluding hydrogens is 152 g/mol. The van der Waals surface area contributed by atoms with Gasteiger partial charge in [-0.25, -0.2) is 0 Å². The minimum Gasteiger partial charge on any atom is -0.364 e. The summed E-state index contributed by atoms with van der Waals surface area (Å²) in [6.07, 6.45) is -0.703. The SMILES string of the molecule is Cc1ccc2c(c1)C(C)OC2O. The molecule has 1 aliphatic heterocycles. The first-order valence-corrected chi connectivity index (χ1v) is 4.12. The van der Waals surface area contributed by atoms with E-state index in [0.29, 0.717) is 0 Å². The lowest BCUT2D eigenvalue weighted by Gasteiger charge is -2.02. The van der Waals surface area contributed by atoms with Crippen LogP contribution in [-0.4, -0.2) is 5.11 Å². The van der Waals surface area contributed by atoms with Gasteiger partial charge in [-0.1, -0.05) is 23.8 Å². The highest BCUT2D eigenvalue weighted by atomic mass is 16.6. The molecule has 0 saturated heterocycles. The molecule has 1 aromatic rings. The smallest absolute Gasteiger partial charge is 0.182 e. The van der Waals surface area contributed by atoms with Gasteiger partial charge in [0, 0.05) is 5.56 Å². The molecule has 0 fully saturated rings. The van der Waals surface area contributed by atoms with E-state index in [9.17, 15) is 5.11 Å². The van der Waals surface area contributed by atoms with E-state index in [1.165, 1.54) is 5.56 Å². The van der Waals surface area contributed by atoms with Crippen molar-refractivity contribution >= 4 is 0 Å². The molecule has 0 aliphatic carbocycles. The predicted molar refractivity (Wildman–Crippen MR) is 45.6 cm³/mol. The quantitative estimate of drug-likeness (QED) is 0.636. The first-order chi connectivity index (χ1) is 5.68. The van der Waals surface area contributed by atoms with Crippen LogP contribution in [0, 0.1) is 6.92 Å². The molecule has 64 valence electrons. The van der Waals surface area contributed by atoms with Gasteiger partial charge in [-0.15, -0.1) is 0 Å². The number of hydrogen-bond acceptors (Lipinski definition) is 2. The fourth-order valence-electron chi connectivity index (χ4n) is 1.61. The normalized spacial score (nSPS) is 27.2. The van der Waals surface area contributed by atoms with Crippen LogP contribution >= 0.6 is 0 Å². The number of fused-ring (bicyclic) bond motifs is 1. The van der Waals surface area contributed by atoms with E-state index in [1.54, 1.807) is 0 Å². The Morgan fingerprint density at radius 1 is 1.33 bits per heavy atom. The molecule has 0 aromatic heterocycles. The van der Waals surface area contributed by atoms with Crippen LogP contribution in [0.4, 0.5) is 0 Å². The summed E-state index contributed by atoms with van der Waals surface area (Å²) in [5, 5.41) is 9.42. The van der Waals surface area contributed by atoms with E-state index >= 15 is 0 Å². The van der Waals surface area contributed by atoms with E-state index in [-0.39, 0.29) is 6.10 Å². The Morgan fingerprint density at radius 2 is 2.08 bits per heavy atom. The molecule has 2 rings (SSSR count). The average Bonchev–Trinajstić information content (AvgIpc) is 2.28. The molecule has 0 radical (unpaired) electrons. The maximum atomic E-state index is 9.42. The zero-order valence-electron chi connectivity index (χ0n) is 7.24. The molecule has 0 amide bonds. The molecular formula is C10H12O2. The highest BCUT2D eigenvalue weighted by molar-refractivity contribution is 5.36. The third-order valence-electron chi connectivity index (χ3n) is 2.28. The monoisotopic (exact) mass is 164 g/mol. The van der Waals surface area contributed by atoms with Gasteiger partial charge in [0.2, 0.25) is 0 Å². The third-order valence-corrected chi connectivity index (χ3v) is 2.28. The number of hydrogen-bond donors (Lipinski definition) is 1. The van der Waals surface area contributed by atoms with Gasteiger partial charge in [0.15, 0.2) is 6.29 Å². The first-order valence-electron chi connectivity index (χ1n) is 4.12. The molecule has 2 nitrogen and oxygen atoms in total. The van der Waals surface area contributed by atoms with Gasteiger partial charge >= 0.3 is 0 Å². The minimum absolute atomic E-state index is 0.0231. The second kappa shape index (κ2) is 2.57. The van der Waals surface area contributed by atoms with E-state index < -0.39 is 6.29 Å². The molecule has 2 atom stereocenters. The lowest BCUT2D eigenvalue weighted by Crippen LogP contribution is -1.92. The Labute approximate surface area is 71.8 Å². The predicted octanol–water partition coefficient (Wildman–Crippen LogP) is 2.08. The molecule has 1 N–H and O–H groups in total. The summed E-state index contributed by atoms with van der Waals surface area (Å²) in [7, 11) is 0. The summed E-state index contributed by atoms with van der Waals surface area (Å²) >= 11 is 0. The van der Waals surface area contributed by atoms with Crippen molar-refractivity contribution in [2.45, 2.75) is 26.2 Å². The van der Waals surface area contributed by atoms with Crippen LogP contribution in [0.15, 0.2) is 18.2 Å². The van der Waals surface area contributed by atoms with Crippen molar-refractivity contribution in [1.29, 1.82) is 0 Å². The van der Waals surface area contributed by atoms with Gasteiger partial charge in [-0.2, -0.15) is 0 Å². The van der Waals surface area contributed by atoms with Crippen molar-refractivity contribution in [3.8, 4) is 0 Å². The third kappa shape index (κ3) is 1.04. The second-order valence-electron chi connectivity index (χ2n) is 3.26. The van der Waals surface area contributed by atoms with Gasteiger partial charge in [0.05, 0.1) is 6.10 Å². The maximum absolute atomic E-state index is 9.42. The molecule has 1 aromatic carbocycles. The molecule has 2 heteroatoms. The van der Waals surface area contributed by atoms with Crippen molar-refractivity contribution < 1.29 is 9.84 Å². The maximum Gasteiger partial charge on any atom is 0.182 e. The van der Waals surface area contributed by atoms with Crippen LogP contribution in [-0.2, 0) is 4.74 Å². The van der Waals surface area contributed by atoms with Gasteiger partial charge in [0.1, 0.15) is 0 Å². The zero-order chi connectivity index (χ0) is 8.72. The topological polar surface area (TPSA) is 29.5 Å². The summed E-state index contributed by atoms with van der Waals surface area (Å²) in [4.78, 5) is 0. The van der Waals surface area contributed by atoms with Crippen LogP contribution in [0.1, 0.15) is 36.0 Å². The van der Waals surface area contributed by atoms with Crippen LogP contribution in [0.3, 0.4) is 0 Å². The summed E-state index contributed by atoms with van der Waals surface area (Å²) in [5.74, 6) is 0. The van der Waals surface area contributed by atoms with Crippen molar-refractivity contribution in [3.05, 3.63) is 34.9 Å². The van der Waals surface area contributed by atoms with E-state index in [2.05, 4.69) is 6.07 Å². The largest absolute Gasteiger partial charge is 0.364 e. The molecule has 0 saturated carbocycles. The van der Waals surface area contributed by atoms with Crippen molar-refractivity contribution in [2.75, 3.05) is 0 Å². The molecule has 12 heavy (non-hydrogen) atoms. The Morgan fingerprint density at radius 3 is 2.83 bits per heavy atom. The summed E-state index contributed by atoms with van der Waals surface area (Å²) in [6.45, 7) is 3.99. The number of benzene rings is 1. The number of rotatable bonds is 0. The van der Waals surface area contributed by atoms with Crippen molar-refractivity contribution in [2.24, 2.45) is 0 Å². The van der Waals surface area contributed by atoms with Crippen LogP contribution < -0.4 is 0 Å². The molecule has 0 spiro atoms. The minimum atomic E-state index is -0.726. The Hall–Kier alpha value is -0.860. The molecule has 2 unspecified atom stereocenters. The van der Waals surface area contributed by atoms with Crippen LogP contribution in [0.25, 0.3) is 0 Å². The molecule has 1 aliphatic rings. The lowest BCUT2D eigenvalue weighted by molar-refractivity contribution is -0.115. The van der Waals surface area contributed by atoms with Crippen LogP contribution in [0.5, 0.6) is 0 Å². The second-order valence-corrected chi connectivity index (χ2v) is 3.26. The zero-order valence-corrected chi connectivity index (χ0v) is 7.24. The van der Waals surface area contributed by atoms with Crippen molar-refractivity contribution in [1.82, 2.24) is 0 Å². The number of aliphatic hydroxyl groups is 1. The Kier molecular flexibility index (Phi) is 1.67. The lowest BCUT2D eigenvalue weighted by atomic mass is 10.0. The van der Waals surface area contributed by atoms with Gasteiger partial charge in [-0.3, -0.25) is 0 Å². The summed E-state index contributed by atoms with van der Waals surface area (Å²) < 4.78 is 5.24. The highest BCUT2D eigenvalue weighted by Crippen LogP contribution is 2.37. The number of aliphatic hydroxyl groups excluding tert-OH is 1. The van der Waals surface area contributed by atoms with Gasteiger partial charge in [0.25, 0.3) is 0 Å². The fraction of sp³-hybridized carbons (Fsp3) is 0.400.